The summed E-state index contributed by atoms with van der Waals surface area (Å²) in [5.41, 5.74) is -3.53. The van der Waals surface area contributed by atoms with Gasteiger partial charge in [0.15, 0.2) is 0 Å². The van der Waals surface area contributed by atoms with Crippen LogP contribution in [0.5, 0.6) is 5.75 Å². The van der Waals surface area contributed by atoms with Gasteiger partial charge in [0.1, 0.15) is 42.3 Å². The first-order chi connectivity index (χ1) is 15.9. The summed E-state index contributed by atoms with van der Waals surface area (Å²) in [4.78, 5) is 14.5. The van der Waals surface area contributed by atoms with E-state index in [-0.39, 0.29) is 31.9 Å². The summed E-state index contributed by atoms with van der Waals surface area (Å²) in [6, 6.07) is 8.90. The molecule has 0 spiro atoms. The Morgan fingerprint density at radius 2 is 1.94 bits per heavy atom. The minimum atomic E-state index is -4.80. The van der Waals surface area contributed by atoms with Crippen LogP contribution in [0.1, 0.15) is 41.8 Å². The Bertz CT molecular complexity index is 1070. The van der Waals surface area contributed by atoms with E-state index in [2.05, 4.69) is 0 Å². The number of rotatable bonds is 5. The molecule has 2 atom stereocenters. The van der Waals surface area contributed by atoms with Crippen LogP contribution < -0.4 is 4.74 Å². The Morgan fingerprint density at radius 1 is 1.18 bits per heavy atom. The normalized spacial score (nSPS) is 23.0. The highest BCUT2D eigenvalue weighted by molar-refractivity contribution is 5.94. The molecule has 2 fully saturated rings. The van der Waals surface area contributed by atoms with E-state index in [0.29, 0.717) is 11.6 Å². The van der Waals surface area contributed by atoms with Gasteiger partial charge in [-0.05, 0) is 49.7 Å². The molecule has 2 heterocycles. The number of hydrogen-bond donors (Lipinski definition) is 0. The van der Waals surface area contributed by atoms with Crippen molar-refractivity contribution in [2.24, 2.45) is 0 Å². The lowest BCUT2D eigenvalue weighted by Gasteiger charge is -2.42. The second-order valence-corrected chi connectivity index (χ2v) is 9.03. The summed E-state index contributed by atoms with van der Waals surface area (Å²) < 4.78 is 85.0. The fourth-order valence-electron chi connectivity index (χ4n) is 4.27. The van der Waals surface area contributed by atoms with E-state index in [9.17, 15) is 26.7 Å². The third-order valence-electron chi connectivity index (χ3n) is 5.95. The third-order valence-corrected chi connectivity index (χ3v) is 5.95. The number of carbonyl (C=O) groups is 1. The van der Waals surface area contributed by atoms with Gasteiger partial charge in [-0.15, -0.1) is 0 Å². The topological polar surface area (TPSA) is 48.0 Å². The number of carbonyl (C=O) groups excluding carboxylic acids is 1. The van der Waals surface area contributed by atoms with Crippen LogP contribution in [-0.2, 0) is 21.3 Å². The van der Waals surface area contributed by atoms with E-state index in [1.165, 1.54) is 36.9 Å². The molecule has 2 aliphatic heterocycles. The quantitative estimate of drug-likeness (QED) is 0.554. The second-order valence-electron chi connectivity index (χ2n) is 9.03. The number of benzene rings is 2. The highest BCUT2D eigenvalue weighted by atomic mass is 19.4. The van der Waals surface area contributed by atoms with E-state index in [1.807, 2.05) is 0 Å². The van der Waals surface area contributed by atoms with E-state index in [0.717, 1.165) is 6.07 Å². The first-order valence-electron chi connectivity index (χ1n) is 10.7. The molecule has 2 aliphatic rings. The zero-order valence-corrected chi connectivity index (χ0v) is 18.6. The van der Waals surface area contributed by atoms with E-state index < -0.39 is 53.2 Å². The fraction of sp³-hybridized carbons (Fsp3) is 0.458. The predicted molar refractivity (Wildman–Crippen MR) is 112 cm³/mol. The first-order valence-corrected chi connectivity index (χ1v) is 10.7. The van der Waals surface area contributed by atoms with Gasteiger partial charge in [-0.2, -0.15) is 13.2 Å². The number of hydrogen-bond acceptors (Lipinski definition) is 4. The first kappa shape index (κ1) is 24.4. The SMILES string of the molecule is CC(C)(F)COc1ccc(C(=O)N2CC[C@@]3(c4cccc(F)c4)OCOC3C2)cc1C(F)(F)F. The molecule has 4 rings (SSSR count). The molecule has 0 N–H and O–H groups in total. The number of ether oxygens (including phenoxy) is 3. The summed E-state index contributed by atoms with van der Waals surface area (Å²) in [6.07, 6.45) is -5.13. The van der Waals surface area contributed by atoms with Gasteiger partial charge in [0.2, 0.25) is 0 Å². The number of amides is 1. The minimum absolute atomic E-state index is 0.0433. The highest BCUT2D eigenvalue weighted by Crippen LogP contribution is 2.43. The lowest BCUT2D eigenvalue weighted by atomic mass is 9.82. The van der Waals surface area contributed by atoms with E-state index >= 15 is 0 Å². The van der Waals surface area contributed by atoms with E-state index in [1.54, 1.807) is 12.1 Å². The van der Waals surface area contributed by atoms with Gasteiger partial charge in [0, 0.05) is 18.5 Å². The summed E-state index contributed by atoms with van der Waals surface area (Å²) in [5, 5.41) is 0. The second kappa shape index (κ2) is 8.81. The van der Waals surface area contributed by atoms with Crippen LogP contribution in [-0.4, -0.2) is 49.1 Å². The highest BCUT2D eigenvalue weighted by Gasteiger charge is 2.51. The zero-order valence-electron chi connectivity index (χ0n) is 18.6. The molecule has 34 heavy (non-hydrogen) atoms. The summed E-state index contributed by atoms with van der Waals surface area (Å²) >= 11 is 0. The van der Waals surface area contributed by atoms with Gasteiger partial charge in [-0.1, -0.05) is 12.1 Å². The summed E-state index contributed by atoms with van der Waals surface area (Å²) in [6.45, 7) is 1.99. The zero-order chi connectivity index (χ0) is 24.7. The molecule has 5 nitrogen and oxygen atoms in total. The molecule has 1 amide bonds. The maximum atomic E-state index is 13.8. The number of likely N-dealkylation sites (tertiary alicyclic amines) is 1. The molecule has 1 unspecified atom stereocenters. The number of piperidine rings is 1. The predicted octanol–water partition coefficient (Wildman–Crippen LogP) is 5.09. The molecule has 0 aromatic heterocycles. The van der Waals surface area contributed by atoms with Crippen molar-refractivity contribution in [2.75, 3.05) is 26.5 Å². The molecule has 2 aromatic rings. The standard InChI is InChI=1S/C24H24F5NO4/c1-22(2,26)13-32-19-7-6-15(10-18(19)24(27,28)29)21(31)30-9-8-23(20(12-30)33-14-34-23)16-4-3-5-17(25)11-16/h3-7,10-11,20H,8-9,12-14H2,1-2H3/t20?,23-/m0/s1. The van der Waals surface area contributed by atoms with Crippen LogP contribution in [0.4, 0.5) is 22.0 Å². The number of nitrogens with zero attached hydrogens (tertiary/aromatic N) is 1. The Hall–Kier alpha value is -2.72. The van der Waals surface area contributed by atoms with Gasteiger partial charge in [-0.3, -0.25) is 4.79 Å². The number of fused-ring (bicyclic) bond motifs is 1. The summed E-state index contributed by atoms with van der Waals surface area (Å²) in [5.74, 6) is -1.60. The average Bonchev–Trinajstić information content (AvgIpc) is 3.20. The Balaban J connectivity index is 1.56. The van der Waals surface area contributed by atoms with Crippen molar-refractivity contribution in [3.05, 3.63) is 65.0 Å². The number of halogens is 5. The smallest absolute Gasteiger partial charge is 0.419 e. The maximum absolute atomic E-state index is 13.8. The van der Waals surface area contributed by atoms with Gasteiger partial charge in [-0.25, -0.2) is 8.78 Å². The Morgan fingerprint density at radius 3 is 2.62 bits per heavy atom. The third kappa shape index (κ3) is 4.88. The molecule has 10 heteroatoms. The van der Waals surface area contributed by atoms with Crippen molar-refractivity contribution in [1.82, 2.24) is 4.90 Å². The fourth-order valence-corrected chi connectivity index (χ4v) is 4.27. The molecule has 0 radical (unpaired) electrons. The van der Waals surface area contributed by atoms with Crippen molar-refractivity contribution < 1.29 is 41.0 Å². The van der Waals surface area contributed by atoms with Crippen molar-refractivity contribution in [3.63, 3.8) is 0 Å². The lowest BCUT2D eigenvalue weighted by Crippen LogP contribution is -2.53. The van der Waals surface area contributed by atoms with Crippen LogP contribution in [0.25, 0.3) is 0 Å². The van der Waals surface area contributed by atoms with Crippen molar-refractivity contribution in [3.8, 4) is 5.75 Å². The van der Waals surface area contributed by atoms with Crippen molar-refractivity contribution >= 4 is 5.91 Å². The Kier molecular flexibility index (Phi) is 6.32. The van der Waals surface area contributed by atoms with Crippen LogP contribution in [0, 0.1) is 5.82 Å². The lowest BCUT2D eigenvalue weighted by molar-refractivity contribution is -0.139. The van der Waals surface area contributed by atoms with Crippen LogP contribution in [0.15, 0.2) is 42.5 Å². The average molecular weight is 485 g/mol. The van der Waals surface area contributed by atoms with Crippen LogP contribution in [0.3, 0.4) is 0 Å². The van der Waals surface area contributed by atoms with E-state index in [4.69, 9.17) is 14.2 Å². The molecule has 184 valence electrons. The van der Waals surface area contributed by atoms with Gasteiger partial charge >= 0.3 is 6.18 Å². The number of alkyl halides is 4. The largest absolute Gasteiger partial charge is 0.490 e. The van der Waals surface area contributed by atoms with Gasteiger partial charge in [0.05, 0.1) is 12.1 Å². The molecule has 0 aliphatic carbocycles. The minimum Gasteiger partial charge on any atom is -0.490 e. The molecule has 2 saturated heterocycles. The molecular formula is C24H24F5NO4. The van der Waals surface area contributed by atoms with Crippen LogP contribution in [0.2, 0.25) is 0 Å². The molecule has 2 aromatic carbocycles. The molecule has 0 bridgehead atoms. The van der Waals surface area contributed by atoms with Gasteiger partial charge in [0.25, 0.3) is 5.91 Å². The molecule has 0 saturated carbocycles. The van der Waals surface area contributed by atoms with Crippen LogP contribution >= 0.6 is 0 Å². The summed E-state index contributed by atoms with van der Waals surface area (Å²) in [7, 11) is 0. The Labute approximate surface area is 193 Å². The van der Waals surface area contributed by atoms with Crippen molar-refractivity contribution in [2.45, 2.75) is 43.8 Å². The van der Waals surface area contributed by atoms with Gasteiger partial charge < -0.3 is 19.1 Å². The molecular weight excluding hydrogens is 461 g/mol. The van der Waals surface area contributed by atoms with Crippen molar-refractivity contribution in [1.29, 1.82) is 0 Å². The monoisotopic (exact) mass is 485 g/mol. The maximum Gasteiger partial charge on any atom is 0.419 e.